The fourth-order valence-corrected chi connectivity index (χ4v) is 8.67. The van der Waals surface area contributed by atoms with Crippen LogP contribution in [0.4, 0.5) is 5.69 Å². The number of hydrogen-bond acceptors (Lipinski definition) is 6. The van der Waals surface area contributed by atoms with Crippen LogP contribution in [0.25, 0.3) is 0 Å². The molecule has 3 heterocycles. The molecular formula is C29H38N2O5S. The number of aryl methyl sites for hydroxylation is 2. The fraction of sp³-hybridized carbons (Fsp3) is 0.552. The molecule has 1 aromatic rings. The van der Waals surface area contributed by atoms with Crippen molar-refractivity contribution in [2.45, 2.75) is 62.0 Å². The summed E-state index contributed by atoms with van der Waals surface area (Å²) in [6.07, 6.45) is 6.57. The Labute approximate surface area is 223 Å². The molecule has 2 bridgehead atoms. The predicted octanol–water partition coefficient (Wildman–Crippen LogP) is 3.81. The van der Waals surface area contributed by atoms with Crippen molar-refractivity contribution in [3.63, 3.8) is 0 Å². The van der Waals surface area contributed by atoms with E-state index in [1.807, 2.05) is 32.0 Å². The summed E-state index contributed by atoms with van der Waals surface area (Å²) in [4.78, 5) is 45.2. The van der Waals surface area contributed by atoms with E-state index in [1.165, 1.54) is 0 Å². The second-order valence-electron chi connectivity index (χ2n) is 10.2. The second-order valence-corrected chi connectivity index (χ2v) is 11.8. The Morgan fingerprint density at radius 3 is 2.62 bits per heavy atom. The van der Waals surface area contributed by atoms with Gasteiger partial charge >= 0.3 is 5.97 Å². The maximum Gasteiger partial charge on any atom is 0.310 e. The van der Waals surface area contributed by atoms with E-state index in [2.05, 4.69) is 13.2 Å². The number of benzene rings is 1. The first kappa shape index (κ1) is 27.5. The number of carbonyl (C=O) groups is 3. The van der Waals surface area contributed by atoms with Gasteiger partial charge in [0.1, 0.15) is 6.04 Å². The van der Waals surface area contributed by atoms with Gasteiger partial charge in [-0.15, -0.1) is 24.9 Å². The van der Waals surface area contributed by atoms with Crippen molar-refractivity contribution in [2.75, 3.05) is 31.2 Å². The van der Waals surface area contributed by atoms with Crippen molar-refractivity contribution in [3.05, 3.63) is 54.6 Å². The monoisotopic (exact) mass is 526 g/mol. The van der Waals surface area contributed by atoms with Crippen LogP contribution in [0, 0.1) is 25.7 Å². The molecule has 4 rings (SSSR count). The lowest BCUT2D eigenvalue weighted by Gasteiger charge is -2.38. The molecule has 1 N–H and O–H groups in total. The van der Waals surface area contributed by atoms with Gasteiger partial charge in [0.15, 0.2) is 0 Å². The smallest absolute Gasteiger partial charge is 0.310 e. The van der Waals surface area contributed by atoms with Crippen molar-refractivity contribution in [1.82, 2.24) is 4.90 Å². The Morgan fingerprint density at radius 1 is 1.24 bits per heavy atom. The van der Waals surface area contributed by atoms with Gasteiger partial charge in [-0.25, -0.2) is 0 Å². The molecular weight excluding hydrogens is 488 g/mol. The van der Waals surface area contributed by atoms with E-state index in [0.29, 0.717) is 38.8 Å². The third-order valence-corrected chi connectivity index (χ3v) is 9.92. The Morgan fingerprint density at radius 2 is 1.97 bits per heavy atom. The number of thioether (sulfide) groups is 1. The van der Waals surface area contributed by atoms with Gasteiger partial charge in [0.25, 0.3) is 5.91 Å². The number of fused-ring (bicyclic) bond motifs is 1. The summed E-state index contributed by atoms with van der Waals surface area (Å²) in [5.41, 5.74) is 2.80. The van der Waals surface area contributed by atoms with E-state index < -0.39 is 22.6 Å². The summed E-state index contributed by atoms with van der Waals surface area (Å²) in [7, 11) is 0. The molecule has 200 valence electrons. The Hall–Kier alpha value is -2.58. The molecule has 0 aromatic heterocycles. The molecule has 0 saturated carbocycles. The van der Waals surface area contributed by atoms with E-state index in [9.17, 15) is 19.5 Å². The molecule has 2 amide bonds. The number of aliphatic hydroxyl groups is 1. The number of likely N-dealkylation sites (tertiary alicyclic amines) is 1. The predicted molar refractivity (Wildman–Crippen MR) is 146 cm³/mol. The number of carbonyl (C=O) groups excluding carboxylic acids is 3. The maximum absolute atomic E-state index is 14.5. The standard InChI is InChI=1S/C29H38N2O5S/c1-5-7-18-36-28(35)22-21-13-14-29(37-21)23(22)26(33)31(16-8-9-17-32)25(29)27(34)30(15-6-2)24-19(3)11-10-12-20(24)4/h5-6,10-12,21-23,25,32H,1-2,7-9,13-18H2,3-4H3/t21-,22+,23-,25?,29?/m0/s1. The summed E-state index contributed by atoms with van der Waals surface area (Å²) < 4.78 is 4.88. The molecule has 3 aliphatic rings. The minimum atomic E-state index is -0.691. The molecule has 3 fully saturated rings. The second kappa shape index (κ2) is 11.4. The average Bonchev–Trinajstić information content (AvgIpc) is 3.51. The number of para-hydroxylation sites is 1. The van der Waals surface area contributed by atoms with Crippen LogP contribution in [-0.2, 0) is 19.1 Å². The van der Waals surface area contributed by atoms with Crippen molar-refractivity contribution in [3.8, 4) is 0 Å². The number of hydrogen-bond donors (Lipinski definition) is 1. The summed E-state index contributed by atoms with van der Waals surface area (Å²) in [5, 5.41) is 9.34. The first-order valence-electron chi connectivity index (χ1n) is 13.2. The van der Waals surface area contributed by atoms with Crippen LogP contribution in [0.3, 0.4) is 0 Å². The molecule has 1 aromatic carbocycles. The molecule has 7 nitrogen and oxygen atoms in total. The highest BCUT2D eigenvalue weighted by Gasteiger charge is 2.74. The van der Waals surface area contributed by atoms with Gasteiger partial charge < -0.3 is 19.6 Å². The van der Waals surface area contributed by atoms with Crippen LogP contribution in [-0.4, -0.2) is 70.1 Å². The van der Waals surface area contributed by atoms with E-state index in [4.69, 9.17) is 4.74 Å². The number of nitrogens with zero attached hydrogens (tertiary/aromatic N) is 2. The number of rotatable bonds is 12. The van der Waals surface area contributed by atoms with Crippen molar-refractivity contribution in [2.24, 2.45) is 11.8 Å². The molecule has 37 heavy (non-hydrogen) atoms. The molecule has 5 atom stereocenters. The Bertz CT molecular complexity index is 1050. The average molecular weight is 527 g/mol. The summed E-state index contributed by atoms with van der Waals surface area (Å²) in [5.74, 6) is -1.76. The third-order valence-electron chi connectivity index (χ3n) is 7.97. The topological polar surface area (TPSA) is 87.2 Å². The highest BCUT2D eigenvalue weighted by Crippen LogP contribution is 2.66. The first-order valence-corrected chi connectivity index (χ1v) is 14.1. The molecule has 0 aliphatic carbocycles. The Balaban J connectivity index is 1.74. The first-order chi connectivity index (χ1) is 17.8. The number of esters is 1. The summed E-state index contributed by atoms with van der Waals surface area (Å²) >= 11 is 1.64. The zero-order valence-electron chi connectivity index (χ0n) is 21.9. The maximum atomic E-state index is 14.5. The minimum absolute atomic E-state index is 0.0231. The molecule has 3 saturated heterocycles. The summed E-state index contributed by atoms with van der Waals surface area (Å²) in [6.45, 7) is 12.5. The van der Waals surface area contributed by atoms with Crippen LogP contribution in [0.1, 0.15) is 43.2 Å². The highest BCUT2D eigenvalue weighted by atomic mass is 32.2. The lowest BCUT2D eigenvalue weighted by molar-refractivity contribution is -0.154. The van der Waals surface area contributed by atoms with E-state index >= 15 is 0 Å². The number of ether oxygens (including phenoxy) is 1. The lowest BCUT2D eigenvalue weighted by Crippen LogP contribution is -2.55. The third kappa shape index (κ3) is 4.74. The van der Waals surface area contributed by atoms with Crippen LogP contribution in [0.2, 0.25) is 0 Å². The van der Waals surface area contributed by atoms with Gasteiger partial charge in [-0.1, -0.05) is 30.4 Å². The molecule has 8 heteroatoms. The lowest BCUT2D eigenvalue weighted by atomic mass is 9.71. The van der Waals surface area contributed by atoms with E-state index in [0.717, 1.165) is 23.2 Å². The minimum Gasteiger partial charge on any atom is -0.465 e. The SMILES string of the molecule is C=CCCOC(=O)[C@@H]1[C@@H]2CCC3(S2)C(C(=O)N(CC=C)c2c(C)cccc2C)N(CCCCO)C(=O)[C@H]13. The molecule has 3 aliphatic heterocycles. The quantitative estimate of drug-likeness (QED) is 0.253. The van der Waals surface area contributed by atoms with Crippen molar-refractivity contribution >= 4 is 35.2 Å². The van der Waals surface area contributed by atoms with Gasteiger partial charge in [0, 0.05) is 30.6 Å². The number of anilines is 1. The van der Waals surface area contributed by atoms with Crippen LogP contribution in [0.5, 0.6) is 0 Å². The molecule has 0 radical (unpaired) electrons. The molecule has 1 spiro atoms. The zero-order chi connectivity index (χ0) is 26.7. The van der Waals surface area contributed by atoms with Gasteiger partial charge in [-0.3, -0.25) is 14.4 Å². The van der Waals surface area contributed by atoms with Gasteiger partial charge in [0.05, 0.1) is 23.2 Å². The molecule has 2 unspecified atom stereocenters. The van der Waals surface area contributed by atoms with E-state index in [-0.39, 0.29) is 36.2 Å². The largest absolute Gasteiger partial charge is 0.465 e. The van der Waals surface area contributed by atoms with Gasteiger partial charge in [0.2, 0.25) is 5.91 Å². The number of amides is 2. The van der Waals surface area contributed by atoms with E-state index in [1.54, 1.807) is 33.7 Å². The Kier molecular flexibility index (Phi) is 8.49. The fourth-order valence-electron chi connectivity index (χ4n) is 6.47. The normalized spacial score (nSPS) is 27.8. The van der Waals surface area contributed by atoms with Crippen molar-refractivity contribution in [1.29, 1.82) is 0 Å². The zero-order valence-corrected chi connectivity index (χ0v) is 22.7. The number of unbranched alkanes of at least 4 members (excludes halogenated alkanes) is 1. The van der Waals surface area contributed by atoms with Gasteiger partial charge in [-0.05, 0) is 57.1 Å². The number of aliphatic hydroxyl groups excluding tert-OH is 1. The van der Waals surface area contributed by atoms with Gasteiger partial charge in [-0.2, -0.15) is 0 Å². The van der Waals surface area contributed by atoms with Crippen LogP contribution >= 0.6 is 11.8 Å². The highest BCUT2D eigenvalue weighted by molar-refractivity contribution is 8.02. The van der Waals surface area contributed by atoms with Crippen LogP contribution in [0.15, 0.2) is 43.5 Å². The van der Waals surface area contributed by atoms with Crippen molar-refractivity contribution < 1.29 is 24.2 Å². The van der Waals surface area contributed by atoms with Crippen LogP contribution < -0.4 is 4.90 Å². The summed E-state index contributed by atoms with van der Waals surface area (Å²) in [6, 6.07) is 5.24.